The topological polar surface area (TPSA) is 15.3 Å². The maximum atomic E-state index is 6.13. The molecule has 0 fully saturated rings. The van der Waals surface area contributed by atoms with Crippen molar-refractivity contribution in [3.8, 4) is 0 Å². The van der Waals surface area contributed by atoms with Gasteiger partial charge in [0.2, 0.25) is 0 Å². The van der Waals surface area contributed by atoms with Crippen molar-refractivity contribution < 1.29 is 0 Å². The Morgan fingerprint density at radius 3 is 2.26 bits per heavy atom. The lowest BCUT2D eigenvalue weighted by Gasteiger charge is -2.13. The van der Waals surface area contributed by atoms with E-state index in [1.165, 1.54) is 5.69 Å². The summed E-state index contributed by atoms with van der Waals surface area (Å²) >= 11 is 12.0. The molecule has 1 N–H and O–H groups in total. The fraction of sp³-hybridized carbons (Fsp3) is 0.200. The van der Waals surface area contributed by atoms with Crippen LogP contribution in [0.4, 0.5) is 11.4 Å². The van der Waals surface area contributed by atoms with Crippen LogP contribution < -0.4 is 10.2 Å². The van der Waals surface area contributed by atoms with Crippen molar-refractivity contribution >= 4 is 34.6 Å². The lowest BCUT2D eigenvalue weighted by atomic mass is 10.2. The summed E-state index contributed by atoms with van der Waals surface area (Å²) in [5.74, 6) is 0. The molecule has 0 aliphatic carbocycles. The third-order valence-corrected chi connectivity index (χ3v) is 3.47. The molecule has 19 heavy (non-hydrogen) atoms. The average molecular weight is 295 g/mol. The van der Waals surface area contributed by atoms with E-state index in [0.29, 0.717) is 16.6 Å². The van der Waals surface area contributed by atoms with Gasteiger partial charge in [-0.3, -0.25) is 0 Å². The standard InChI is InChI=1S/C15H16Cl2N2/c1-19(2)14-7-5-13(6-8-14)18-10-11-3-4-12(16)9-15(11)17/h3-9,18H,10H2,1-2H3. The van der Waals surface area contributed by atoms with Gasteiger partial charge in [0.15, 0.2) is 0 Å². The molecule has 0 heterocycles. The number of hydrogen-bond acceptors (Lipinski definition) is 2. The van der Waals surface area contributed by atoms with Crippen molar-refractivity contribution in [3.63, 3.8) is 0 Å². The number of rotatable bonds is 4. The summed E-state index contributed by atoms with van der Waals surface area (Å²) in [6.45, 7) is 0.678. The molecule has 0 aliphatic heterocycles. The highest BCUT2D eigenvalue weighted by molar-refractivity contribution is 6.35. The zero-order chi connectivity index (χ0) is 13.8. The van der Waals surface area contributed by atoms with Crippen LogP contribution in [0.1, 0.15) is 5.56 Å². The summed E-state index contributed by atoms with van der Waals surface area (Å²) in [7, 11) is 4.05. The van der Waals surface area contributed by atoms with Gasteiger partial charge in [-0.05, 0) is 42.0 Å². The number of nitrogens with zero attached hydrogens (tertiary/aromatic N) is 1. The summed E-state index contributed by atoms with van der Waals surface area (Å²) in [5.41, 5.74) is 3.27. The van der Waals surface area contributed by atoms with Gasteiger partial charge >= 0.3 is 0 Å². The van der Waals surface area contributed by atoms with Crippen molar-refractivity contribution in [1.82, 2.24) is 0 Å². The Labute approximate surface area is 123 Å². The third-order valence-electron chi connectivity index (χ3n) is 2.88. The molecule has 2 nitrogen and oxygen atoms in total. The van der Waals surface area contributed by atoms with Crippen LogP contribution in [0.2, 0.25) is 10.0 Å². The van der Waals surface area contributed by atoms with Crippen LogP contribution in [0.25, 0.3) is 0 Å². The molecule has 0 aromatic heterocycles. The van der Waals surface area contributed by atoms with Gasteiger partial charge in [-0.25, -0.2) is 0 Å². The molecule has 0 bridgehead atoms. The summed E-state index contributed by atoms with van der Waals surface area (Å²) in [6, 6.07) is 13.8. The van der Waals surface area contributed by atoms with Crippen molar-refractivity contribution in [2.75, 3.05) is 24.3 Å². The predicted molar refractivity (Wildman–Crippen MR) is 84.6 cm³/mol. The molecule has 0 saturated heterocycles. The number of anilines is 2. The Morgan fingerprint density at radius 2 is 1.68 bits per heavy atom. The van der Waals surface area contributed by atoms with Crippen LogP contribution in [0.15, 0.2) is 42.5 Å². The van der Waals surface area contributed by atoms with Crippen LogP contribution >= 0.6 is 23.2 Å². The van der Waals surface area contributed by atoms with E-state index in [9.17, 15) is 0 Å². The van der Waals surface area contributed by atoms with Gasteiger partial charge in [-0.15, -0.1) is 0 Å². The zero-order valence-corrected chi connectivity index (χ0v) is 12.5. The maximum Gasteiger partial charge on any atom is 0.0470 e. The van der Waals surface area contributed by atoms with Gasteiger partial charge in [-0.1, -0.05) is 29.3 Å². The molecule has 0 aliphatic rings. The van der Waals surface area contributed by atoms with Gasteiger partial charge in [0, 0.05) is 42.1 Å². The van der Waals surface area contributed by atoms with Gasteiger partial charge in [0.1, 0.15) is 0 Å². The highest BCUT2D eigenvalue weighted by Crippen LogP contribution is 2.22. The molecule has 0 unspecified atom stereocenters. The molecule has 0 radical (unpaired) electrons. The Hall–Kier alpha value is -1.38. The summed E-state index contributed by atoms with van der Waals surface area (Å²) in [4.78, 5) is 2.07. The summed E-state index contributed by atoms with van der Waals surface area (Å²) in [5, 5.41) is 4.68. The number of benzene rings is 2. The number of halogens is 2. The molecule has 2 aromatic rings. The van der Waals surface area contributed by atoms with Crippen molar-refractivity contribution in [1.29, 1.82) is 0 Å². The van der Waals surface area contributed by atoms with Gasteiger partial charge in [0.25, 0.3) is 0 Å². The lowest BCUT2D eigenvalue weighted by molar-refractivity contribution is 1.12. The van der Waals surface area contributed by atoms with E-state index in [-0.39, 0.29) is 0 Å². The van der Waals surface area contributed by atoms with Crippen LogP contribution in [-0.4, -0.2) is 14.1 Å². The minimum absolute atomic E-state index is 0.657. The number of nitrogens with one attached hydrogen (secondary N) is 1. The molecule has 0 spiro atoms. The molecule has 0 saturated carbocycles. The molecular formula is C15H16Cl2N2. The lowest BCUT2D eigenvalue weighted by Crippen LogP contribution is -2.08. The quantitative estimate of drug-likeness (QED) is 0.881. The molecule has 100 valence electrons. The minimum Gasteiger partial charge on any atom is -0.381 e. The summed E-state index contributed by atoms with van der Waals surface area (Å²) in [6.07, 6.45) is 0. The van der Waals surface area contributed by atoms with Crippen molar-refractivity contribution in [2.45, 2.75) is 6.54 Å². The number of hydrogen-bond donors (Lipinski definition) is 1. The van der Waals surface area contributed by atoms with E-state index in [1.54, 1.807) is 6.07 Å². The minimum atomic E-state index is 0.657. The van der Waals surface area contributed by atoms with E-state index in [0.717, 1.165) is 11.3 Å². The van der Waals surface area contributed by atoms with Crippen LogP contribution in [0, 0.1) is 0 Å². The first-order valence-electron chi connectivity index (χ1n) is 6.01. The predicted octanol–water partition coefficient (Wildman–Crippen LogP) is 4.67. The smallest absolute Gasteiger partial charge is 0.0470 e. The molecule has 2 rings (SSSR count). The molecule has 0 amide bonds. The fourth-order valence-corrected chi connectivity index (χ4v) is 2.22. The zero-order valence-electron chi connectivity index (χ0n) is 11.0. The largest absolute Gasteiger partial charge is 0.381 e. The van der Waals surface area contributed by atoms with Crippen molar-refractivity contribution in [3.05, 3.63) is 58.1 Å². The second-order valence-electron chi connectivity index (χ2n) is 4.53. The molecule has 4 heteroatoms. The average Bonchev–Trinajstić information content (AvgIpc) is 2.38. The SMILES string of the molecule is CN(C)c1ccc(NCc2ccc(Cl)cc2Cl)cc1. The molecule has 0 atom stereocenters. The highest BCUT2D eigenvalue weighted by atomic mass is 35.5. The van der Waals surface area contributed by atoms with Gasteiger partial charge in [0.05, 0.1) is 0 Å². The second kappa shape index (κ2) is 6.18. The Morgan fingerprint density at radius 1 is 1.00 bits per heavy atom. The normalized spacial score (nSPS) is 10.3. The van der Waals surface area contributed by atoms with Crippen molar-refractivity contribution in [2.24, 2.45) is 0 Å². The Balaban J connectivity index is 2.02. The van der Waals surface area contributed by atoms with E-state index in [2.05, 4.69) is 34.5 Å². The fourth-order valence-electron chi connectivity index (χ4n) is 1.74. The van der Waals surface area contributed by atoms with E-state index < -0.39 is 0 Å². The van der Waals surface area contributed by atoms with Crippen LogP contribution in [0.5, 0.6) is 0 Å². The summed E-state index contributed by atoms with van der Waals surface area (Å²) < 4.78 is 0. The first-order valence-corrected chi connectivity index (χ1v) is 6.77. The van der Waals surface area contributed by atoms with E-state index in [4.69, 9.17) is 23.2 Å². The first kappa shape index (κ1) is 14.0. The van der Waals surface area contributed by atoms with Crippen LogP contribution in [0.3, 0.4) is 0 Å². The second-order valence-corrected chi connectivity index (χ2v) is 5.37. The maximum absolute atomic E-state index is 6.13. The monoisotopic (exact) mass is 294 g/mol. The van der Waals surface area contributed by atoms with E-state index in [1.807, 2.05) is 26.2 Å². The highest BCUT2D eigenvalue weighted by Gasteiger charge is 2.01. The molecular weight excluding hydrogens is 279 g/mol. The van der Waals surface area contributed by atoms with Crippen LogP contribution in [-0.2, 0) is 6.54 Å². The first-order chi connectivity index (χ1) is 9.06. The van der Waals surface area contributed by atoms with Gasteiger partial charge in [-0.2, -0.15) is 0 Å². The van der Waals surface area contributed by atoms with Gasteiger partial charge < -0.3 is 10.2 Å². The van der Waals surface area contributed by atoms with E-state index >= 15 is 0 Å². The Kier molecular flexibility index (Phi) is 4.56. The molecule has 2 aromatic carbocycles. The Bertz CT molecular complexity index is 551. The third kappa shape index (κ3) is 3.79.